The fraction of sp³-hybridized carbons (Fsp3) is 0.364. The molecule has 3 aromatic rings. The lowest BCUT2D eigenvalue weighted by Crippen LogP contribution is -2.27. The average molecular weight is 410 g/mol. The van der Waals surface area contributed by atoms with Gasteiger partial charge in [0.15, 0.2) is 11.0 Å². The molecule has 0 atom stereocenters. The number of carbonyl (C=O) groups is 1. The van der Waals surface area contributed by atoms with Crippen LogP contribution in [0.25, 0.3) is 11.4 Å². The second-order valence-electron chi connectivity index (χ2n) is 7.07. The lowest BCUT2D eigenvalue weighted by Gasteiger charge is -2.09. The smallest absolute Gasteiger partial charge is 0.230 e. The first kappa shape index (κ1) is 21.0. The van der Waals surface area contributed by atoms with E-state index in [2.05, 4.69) is 58.6 Å². The molecule has 0 radical (unpaired) electrons. The van der Waals surface area contributed by atoms with Gasteiger partial charge >= 0.3 is 0 Å². The van der Waals surface area contributed by atoms with E-state index in [9.17, 15) is 4.79 Å². The zero-order valence-electron chi connectivity index (χ0n) is 17.1. The van der Waals surface area contributed by atoms with Crippen molar-refractivity contribution >= 4 is 17.7 Å². The maximum atomic E-state index is 12.2. The van der Waals surface area contributed by atoms with Gasteiger partial charge in [0, 0.05) is 31.0 Å². The third kappa shape index (κ3) is 5.67. The van der Waals surface area contributed by atoms with Gasteiger partial charge in [-0.15, -0.1) is 10.2 Å². The zero-order valence-corrected chi connectivity index (χ0v) is 17.9. The van der Waals surface area contributed by atoms with E-state index in [1.54, 1.807) is 12.4 Å². The summed E-state index contributed by atoms with van der Waals surface area (Å²) in [6, 6.07) is 12.4. The molecule has 2 heterocycles. The molecule has 1 amide bonds. The highest BCUT2D eigenvalue weighted by Crippen LogP contribution is 2.23. The number of aromatic nitrogens is 4. The first-order valence-corrected chi connectivity index (χ1v) is 10.9. The highest BCUT2D eigenvalue weighted by Gasteiger charge is 2.14. The molecule has 0 bridgehead atoms. The first-order chi connectivity index (χ1) is 14.1. The highest BCUT2D eigenvalue weighted by atomic mass is 32.2. The molecule has 1 aromatic carbocycles. The van der Waals surface area contributed by atoms with Crippen molar-refractivity contribution in [1.29, 1.82) is 0 Å². The second kappa shape index (κ2) is 10.2. The van der Waals surface area contributed by atoms with Gasteiger partial charge in [-0.05, 0) is 42.5 Å². The Morgan fingerprint density at radius 2 is 1.83 bits per heavy atom. The van der Waals surface area contributed by atoms with Gasteiger partial charge < -0.3 is 9.88 Å². The summed E-state index contributed by atoms with van der Waals surface area (Å²) in [6.07, 6.45) is 4.30. The van der Waals surface area contributed by atoms with E-state index >= 15 is 0 Å². The molecular formula is C22H27N5OS. The number of thioether (sulfide) groups is 1. The monoisotopic (exact) mass is 409 g/mol. The Bertz CT molecular complexity index is 922. The number of hydrogen-bond donors (Lipinski definition) is 1. The normalized spacial score (nSPS) is 11.0. The van der Waals surface area contributed by atoms with Crippen molar-refractivity contribution in [3.63, 3.8) is 0 Å². The van der Waals surface area contributed by atoms with Crippen LogP contribution >= 0.6 is 11.8 Å². The number of nitrogens with zero attached hydrogens (tertiary/aromatic N) is 4. The largest absolute Gasteiger partial charge is 0.355 e. The Morgan fingerprint density at radius 1 is 1.10 bits per heavy atom. The second-order valence-corrected chi connectivity index (χ2v) is 8.01. The summed E-state index contributed by atoms with van der Waals surface area (Å²) in [7, 11) is 0. The third-order valence-electron chi connectivity index (χ3n) is 4.69. The number of benzene rings is 1. The van der Waals surface area contributed by atoms with Gasteiger partial charge in [-0.2, -0.15) is 0 Å². The van der Waals surface area contributed by atoms with E-state index in [-0.39, 0.29) is 5.91 Å². The van der Waals surface area contributed by atoms with Crippen LogP contribution in [0.3, 0.4) is 0 Å². The van der Waals surface area contributed by atoms with Gasteiger partial charge in [-0.25, -0.2) is 0 Å². The van der Waals surface area contributed by atoms with Crippen LogP contribution in [0.15, 0.2) is 53.9 Å². The van der Waals surface area contributed by atoms with Gasteiger partial charge in [0.25, 0.3) is 0 Å². The maximum absolute atomic E-state index is 12.2. The van der Waals surface area contributed by atoms with Crippen molar-refractivity contribution in [3.8, 4) is 11.4 Å². The standard InChI is InChI=1S/C22H27N5OS/c1-4-27-21(19-10-12-23-13-11-19)25-26-22(27)29-15-20(28)24-14-9-17-5-7-18(8-6-17)16(2)3/h5-8,10-13,16H,4,9,14-15H2,1-3H3,(H,24,28). The lowest BCUT2D eigenvalue weighted by atomic mass is 10.0. The van der Waals surface area contributed by atoms with Crippen LogP contribution in [0, 0.1) is 0 Å². The Hall–Kier alpha value is -2.67. The molecule has 0 aliphatic heterocycles. The number of rotatable bonds is 9. The molecule has 3 rings (SSSR count). The van der Waals surface area contributed by atoms with Crippen LogP contribution in [-0.2, 0) is 17.8 Å². The molecule has 0 aliphatic rings. The van der Waals surface area contributed by atoms with Gasteiger partial charge in [-0.1, -0.05) is 49.9 Å². The molecule has 0 spiro atoms. The van der Waals surface area contributed by atoms with E-state index < -0.39 is 0 Å². The molecule has 0 unspecified atom stereocenters. The molecular weight excluding hydrogens is 382 g/mol. The van der Waals surface area contributed by atoms with E-state index in [1.807, 2.05) is 23.6 Å². The minimum atomic E-state index is 0.00455. The van der Waals surface area contributed by atoms with E-state index in [0.717, 1.165) is 29.5 Å². The predicted octanol–water partition coefficient (Wildman–Crippen LogP) is 3.93. The lowest BCUT2D eigenvalue weighted by molar-refractivity contribution is -0.118. The zero-order chi connectivity index (χ0) is 20.6. The van der Waals surface area contributed by atoms with Crippen LogP contribution in [0.4, 0.5) is 0 Å². The van der Waals surface area contributed by atoms with Crippen LogP contribution in [0.2, 0.25) is 0 Å². The number of nitrogens with one attached hydrogen (secondary N) is 1. The Labute approximate surface area is 176 Å². The van der Waals surface area contributed by atoms with Crippen LogP contribution < -0.4 is 5.32 Å². The highest BCUT2D eigenvalue weighted by molar-refractivity contribution is 7.99. The molecule has 29 heavy (non-hydrogen) atoms. The van der Waals surface area contributed by atoms with Crippen molar-refractivity contribution in [2.45, 2.75) is 44.8 Å². The quantitative estimate of drug-likeness (QED) is 0.542. The molecule has 0 saturated carbocycles. The summed E-state index contributed by atoms with van der Waals surface area (Å²) < 4.78 is 2.02. The molecule has 1 N–H and O–H groups in total. The average Bonchev–Trinajstić information content (AvgIpc) is 3.16. The van der Waals surface area contributed by atoms with Crippen molar-refractivity contribution < 1.29 is 4.79 Å². The van der Waals surface area contributed by atoms with Crippen LogP contribution in [0.5, 0.6) is 0 Å². The fourth-order valence-electron chi connectivity index (χ4n) is 2.99. The van der Waals surface area contributed by atoms with Crippen molar-refractivity contribution in [2.75, 3.05) is 12.3 Å². The number of carbonyl (C=O) groups excluding carboxylic acids is 1. The van der Waals surface area contributed by atoms with Crippen molar-refractivity contribution in [2.24, 2.45) is 0 Å². The fourth-order valence-corrected chi connectivity index (χ4v) is 3.82. The molecule has 0 aliphatic carbocycles. The minimum Gasteiger partial charge on any atom is -0.355 e. The predicted molar refractivity (Wildman–Crippen MR) is 117 cm³/mol. The van der Waals surface area contributed by atoms with Crippen molar-refractivity contribution in [3.05, 3.63) is 59.9 Å². The molecule has 6 nitrogen and oxygen atoms in total. The Balaban J connectivity index is 1.49. The first-order valence-electron chi connectivity index (χ1n) is 9.90. The molecule has 152 valence electrons. The summed E-state index contributed by atoms with van der Waals surface area (Å²) in [5, 5.41) is 12.3. The topological polar surface area (TPSA) is 72.7 Å². The molecule has 2 aromatic heterocycles. The molecule has 0 fully saturated rings. The van der Waals surface area contributed by atoms with Gasteiger partial charge in [-0.3, -0.25) is 9.78 Å². The summed E-state index contributed by atoms with van der Waals surface area (Å²) >= 11 is 1.41. The Kier molecular flexibility index (Phi) is 7.41. The SMILES string of the molecule is CCn1c(SCC(=O)NCCc2ccc(C(C)C)cc2)nnc1-c1ccncc1. The van der Waals surface area contributed by atoms with E-state index in [1.165, 1.54) is 22.9 Å². The minimum absolute atomic E-state index is 0.00455. The van der Waals surface area contributed by atoms with Gasteiger partial charge in [0.05, 0.1) is 5.75 Å². The van der Waals surface area contributed by atoms with Crippen LogP contribution in [-0.4, -0.2) is 38.0 Å². The number of hydrogen-bond acceptors (Lipinski definition) is 5. The van der Waals surface area contributed by atoms with E-state index in [0.29, 0.717) is 18.2 Å². The molecule has 0 saturated heterocycles. The number of pyridine rings is 1. The van der Waals surface area contributed by atoms with Gasteiger partial charge in [0.2, 0.25) is 5.91 Å². The summed E-state index contributed by atoms with van der Waals surface area (Å²) in [5.41, 5.74) is 3.53. The summed E-state index contributed by atoms with van der Waals surface area (Å²) in [5.74, 6) is 1.65. The van der Waals surface area contributed by atoms with Gasteiger partial charge in [0.1, 0.15) is 0 Å². The number of amides is 1. The van der Waals surface area contributed by atoms with E-state index in [4.69, 9.17) is 0 Å². The van der Waals surface area contributed by atoms with Crippen molar-refractivity contribution in [1.82, 2.24) is 25.1 Å². The Morgan fingerprint density at radius 3 is 2.48 bits per heavy atom. The molecule has 7 heteroatoms. The summed E-state index contributed by atoms with van der Waals surface area (Å²) in [6.45, 7) is 7.78. The maximum Gasteiger partial charge on any atom is 0.230 e. The third-order valence-corrected chi connectivity index (χ3v) is 5.65. The van der Waals surface area contributed by atoms with Crippen LogP contribution in [0.1, 0.15) is 37.8 Å². The summed E-state index contributed by atoms with van der Waals surface area (Å²) in [4.78, 5) is 16.3.